The topological polar surface area (TPSA) is 33.2 Å². The van der Waals surface area contributed by atoms with E-state index in [1.807, 2.05) is 39.0 Å². The van der Waals surface area contributed by atoms with Gasteiger partial charge in [0.1, 0.15) is 5.69 Å². The molecule has 0 aliphatic heterocycles. The maximum absolute atomic E-state index is 12.3. The molecule has 0 spiro atoms. The molecule has 0 N–H and O–H groups in total. The first-order chi connectivity index (χ1) is 8.17. The molecule has 0 aliphatic carbocycles. The van der Waals surface area contributed by atoms with Gasteiger partial charge in [0, 0.05) is 18.5 Å². The molecule has 0 saturated heterocycles. The average molecular weight is 248 g/mol. The predicted octanol–water partition coefficient (Wildman–Crippen LogP) is 3.09. The van der Waals surface area contributed by atoms with Crippen LogP contribution in [0.25, 0.3) is 10.1 Å². The summed E-state index contributed by atoms with van der Waals surface area (Å²) in [6.07, 6.45) is 0. The van der Waals surface area contributed by atoms with E-state index in [9.17, 15) is 4.79 Å². The molecule has 0 saturated carbocycles. The molecule has 0 radical (unpaired) electrons. The quantitative estimate of drug-likeness (QED) is 0.836. The number of nitrogens with zero attached hydrogens (tertiary/aromatic N) is 2. The highest BCUT2D eigenvalue weighted by atomic mass is 32.1. The molecular formula is C13H16N2OS. The molecule has 1 heterocycles. The van der Waals surface area contributed by atoms with E-state index in [1.54, 1.807) is 4.90 Å². The van der Waals surface area contributed by atoms with Gasteiger partial charge in [-0.2, -0.15) is 4.37 Å². The van der Waals surface area contributed by atoms with Crippen LogP contribution in [0.2, 0.25) is 0 Å². The zero-order valence-corrected chi connectivity index (χ0v) is 11.2. The standard InChI is InChI=1S/C13H16N2OS/c1-4-15(5-2)13(16)12-10-8-9(3)6-7-11(10)17-14-12/h6-8H,4-5H2,1-3H3. The minimum absolute atomic E-state index is 0.0341. The van der Waals surface area contributed by atoms with Crippen LogP contribution in [0.1, 0.15) is 29.9 Å². The Balaban J connectivity index is 2.48. The number of fused-ring (bicyclic) bond motifs is 1. The SMILES string of the molecule is CCN(CC)C(=O)c1nsc2ccc(C)cc12. The van der Waals surface area contributed by atoms with Crippen LogP contribution in [-0.4, -0.2) is 28.3 Å². The smallest absolute Gasteiger partial charge is 0.274 e. The Morgan fingerprint density at radius 1 is 1.35 bits per heavy atom. The molecule has 2 aromatic rings. The molecular weight excluding hydrogens is 232 g/mol. The molecule has 0 fully saturated rings. The Kier molecular flexibility index (Phi) is 3.43. The van der Waals surface area contributed by atoms with Gasteiger partial charge in [-0.1, -0.05) is 11.6 Å². The van der Waals surface area contributed by atoms with E-state index in [0.29, 0.717) is 5.69 Å². The maximum Gasteiger partial charge on any atom is 0.274 e. The summed E-state index contributed by atoms with van der Waals surface area (Å²) in [6.45, 7) is 7.45. The first-order valence-electron chi connectivity index (χ1n) is 5.82. The fraction of sp³-hybridized carbons (Fsp3) is 0.385. The Labute approximate surface area is 105 Å². The minimum Gasteiger partial charge on any atom is -0.338 e. The zero-order valence-electron chi connectivity index (χ0n) is 10.4. The highest BCUT2D eigenvalue weighted by Crippen LogP contribution is 2.24. The summed E-state index contributed by atoms with van der Waals surface area (Å²) in [7, 11) is 0. The second-order valence-electron chi connectivity index (χ2n) is 4.01. The van der Waals surface area contributed by atoms with E-state index in [1.165, 1.54) is 11.5 Å². The van der Waals surface area contributed by atoms with Gasteiger partial charge in [-0.25, -0.2) is 0 Å². The lowest BCUT2D eigenvalue weighted by Gasteiger charge is -2.17. The highest BCUT2D eigenvalue weighted by Gasteiger charge is 2.18. The first-order valence-corrected chi connectivity index (χ1v) is 6.60. The summed E-state index contributed by atoms with van der Waals surface area (Å²) in [4.78, 5) is 14.1. The first kappa shape index (κ1) is 12.0. The van der Waals surface area contributed by atoms with E-state index < -0.39 is 0 Å². The van der Waals surface area contributed by atoms with E-state index in [-0.39, 0.29) is 5.91 Å². The minimum atomic E-state index is 0.0341. The third-order valence-electron chi connectivity index (χ3n) is 2.88. The molecule has 0 aliphatic rings. The van der Waals surface area contributed by atoms with Crippen molar-refractivity contribution in [2.75, 3.05) is 13.1 Å². The number of carbonyl (C=O) groups is 1. The van der Waals surface area contributed by atoms with Crippen molar-refractivity contribution in [3.63, 3.8) is 0 Å². The third kappa shape index (κ3) is 2.17. The largest absolute Gasteiger partial charge is 0.338 e. The number of benzene rings is 1. The third-order valence-corrected chi connectivity index (χ3v) is 3.71. The number of hydrogen-bond acceptors (Lipinski definition) is 3. The highest BCUT2D eigenvalue weighted by molar-refractivity contribution is 7.13. The lowest BCUT2D eigenvalue weighted by Crippen LogP contribution is -2.30. The van der Waals surface area contributed by atoms with Crippen molar-refractivity contribution in [2.45, 2.75) is 20.8 Å². The molecule has 0 atom stereocenters. The van der Waals surface area contributed by atoms with Crippen LogP contribution in [-0.2, 0) is 0 Å². The molecule has 3 nitrogen and oxygen atoms in total. The van der Waals surface area contributed by atoms with Gasteiger partial charge in [0.05, 0.1) is 4.70 Å². The molecule has 2 rings (SSSR count). The number of aromatic nitrogens is 1. The van der Waals surface area contributed by atoms with Gasteiger partial charge in [-0.05, 0) is 44.4 Å². The van der Waals surface area contributed by atoms with E-state index in [4.69, 9.17) is 0 Å². The van der Waals surface area contributed by atoms with Crippen LogP contribution < -0.4 is 0 Å². The van der Waals surface area contributed by atoms with Gasteiger partial charge >= 0.3 is 0 Å². The van der Waals surface area contributed by atoms with Gasteiger partial charge in [-0.3, -0.25) is 4.79 Å². The van der Waals surface area contributed by atoms with Crippen molar-refractivity contribution in [1.29, 1.82) is 0 Å². The van der Waals surface area contributed by atoms with Crippen molar-refractivity contribution in [3.05, 3.63) is 29.5 Å². The van der Waals surface area contributed by atoms with E-state index in [2.05, 4.69) is 4.37 Å². The summed E-state index contributed by atoms with van der Waals surface area (Å²) in [6, 6.07) is 6.11. The second-order valence-corrected chi connectivity index (χ2v) is 4.81. The number of rotatable bonds is 3. The number of carbonyl (C=O) groups excluding carboxylic acids is 1. The molecule has 0 unspecified atom stereocenters. The van der Waals surface area contributed by atoms with Gasteiger partial charge < -0.3 is 4.90 Å². The summed E-state index contributed by atoms with van der Waals surface area (Å²) in [5.41, 5.74) is 1.75. The van der Waals surface area contributed by atoms with Crippen molar-refractivity contribution in [2.24, 2.45) is 0 Å². The van der Waals surface area contributed by atoms with Crippen molar-refractivity contribution in [3.8, 4) is 0 Å². The van der Waals surface area contributed by atoms with Gasteiger partial charge in [-0.15, -0.1) is 0 Å². The molecule has 1 aromatic heterocycles. The summed E-state index contributed by atoms with van der Waals surface area (Å²) >= 11 is 1.39. The van der Waals surface area contributed by atoms with Crippen LogP contribution in [0, 0.1) is 6.92 Å². The fourth-order valence-corrected chi connectivity index (χ4v) is 2.62. The lowest BCUT2D eigenvalue weighted by molar-refractivity contribution is 0.0770. The van der Waals surface area contributed by atoms with Gasteiger partial charge in [0.15, 0.2) is 0 Å². The van der Waals surface area contributed by atoms with Gasteiger partial charge in [0.2, 0.25) is 0 Å². The zero-order chi connectivity index (χ0) is 12.4. The Morgan fingerprint density at radius 2 is 2.06 bits per heavy atom. The van der Waals surface area contributed by atoms with Crippen molar-refractivity contribution < 1.29 is 4.79 Å². The summed E-state index contributed by atoms with van der Waals surface area (Å²) in [5, 5.41) is 0.979. The van der Waals surface area contributed by atoms with Crippen LogP contribution in [0.4, 0.5) is 0 Å². The molecule has 4 heteroatoms. The predicted molar refractivity (Wildman–Crippen MR) is 71.6 cm³/mol. The van der Waals surface area contributed by atoms with Crippen LogP contribution in [0.15, 0.2) is 18.2 Å². The second kappa shape index (κ2) is 4.84. The van der Waals surface area contributed by atoms with Gasteiger partial charge in [0.25, 0.3) is 5.91 Å². The van der Waals surface area contributed by atoms with Crippen LogP contribution in [0.3, 0.4) is 0 Å². The number of amides is 1. The Morgan fingerprint density at radius 3 is 2.71 bits per heavy atom. The lowest BCUT2D eigenvalue weighted by atomic mass is 10.1. The maximum atomic E-state index is 12.3. The van der Waals surface area contributed by atoms with E-state index >= 15 is 0 Å². The monoisotopic (exact) mass is 248 g/mol. The number of aryl methyl sites for hydroxylation is 1. The van der Waals surface area contributed by atoms with Crippen molar-refractivity contribution >= 4 is 27.5 Å². The van der Waals surface area contributed by atoms with Crippen LogP contribution in [0.5, 0.6) is 0 Å². The van der Waals surface area contributed by atoms with Crippen LogP contribution >= 0.6 is 11.5 Å². The molecule has 1 aromatic carbocycles. The number of hydrogen-bond donors (Lipinski definition) is 0. The van der Waals surface area contributed by atoms with E-state index in [0.717, 1.165) is 28.7 Å². The Bertz CT molecular complexity index is 543. The normalized spacial score (nSPS) is 10.8. The summed E-state index contributed by atoms with van der Waals surface area (Å²) < 4.78 is 5.38. The molecule has 17 heavy (non-hydrogen) atoms. The molecule has 0 bridgehead atoms. The average Bonchev–Trinajstić information content (AvgIpc) is 2.73. The summed E-state index contributed by atoms with van der Waals surface area (Å²) in [5.74, 6) is 0.0341. The Hall–Kier alpha value is -1.42. The van der Waals surface area contributed by atoms with Crippen molar-refractivity contribution in [1.82, 2.24) is 9.27 Å². The fourth-order valence-electron chi connectivity index (χ4n) is 1.87. The molecule has 90 valence electrons. The molecule has 1 amide bonds.